The number of aromatic nitrogens is 1. The molecule has 226 valence electrons. The first kappa shape index (κ1) is 27.0. The molecule has 2 nitrogen and oxygen atoms in total. The number of fused-ring (bicyclic) bond motifs is 7. The Bertz CT molecular complexity index is 2690. The lowest BCUT2D eigenvalue weighted by molar-refractivity contribution is 0.666. The maximum absolute atomic E-state index is 6.90. The smallest absolute Gasteiger partial charge is 0.159 e. The number of hydrogen-bond donors (Lipinski definition) is 0. The van der Waals surface area contributed by atoms with Crippen LogP contribution in [0.25, 0.3) is 66.1 Å². The van der Waals surface area contributed by atoms with E-state index < -0.39 is 0 Å². The fourth-order valence-electron chi connectivity index (χ4n) is 7.97. The maximum Gasteiger partial charge on any atom is 0.159 e. The van der Waals surface area contributed by atoms with Crippen LogP contribution in [0.2, 0.25) is 0 Å². The van der Waals surface area contributed by atoms with E-state index in [2.05, 4.69) is 174 Å². The molecular weight excluding hydrogens is 583 g/mol. The fourth-order valence-corrected chi connectivity index (χ4v) is 7.97. The minimum absolute atomic E-state index is 0.302. The Morgan fingerprint density at radius 3 is 2.12 bits per heavy atom. The Hall–Kier alpha value is -6.12. The summed E-state index contributed by atoms with van der Waals surface area (Å²) in [6, 6.07) is 59.1. The molecule has 0 spiro atoms. The van der Waals surface area contributed by atoms with E-state index in [-0.39, 0.29) is 0 Å². The fraction of sp³-hybridized carbons (Fsp3) is 0.0435. The van der Waals surface area contributed by atoms with E-state index >= 15 is 0 Å². The highest BCUT2D eigenvalue weighted by Crippen LogP contribution is 2.44. The summed E-state index contributed by atoms with van der Waals surface area (Å²) in [6.07, 6.45) is 3.47. The quantitative estimate of drug-likeness (QED) is 0.193. The van der Waals surface area contributed by atoms with Crippen LogP contribution in [0.15, 0.2) is 174 Å². The van der Waals surface area contributed by atoms with Crippen molar-refractivity contribution >= 4 is 49.3 Å². The number of furan rings is 1. The summed E-state index contributed by atoms with van der Waals surface area (Å²) >= 11 is 0. The van der Waals surface area contributed by atoms with Crippen LogP contribution in [-0.2, 0) is 6.42 Å². The van der Waals surface area contributed by atoms with Gasteiger partial charge in [0.2, 0.25) is 0 Å². The average Bonchev–Trinajstić information content (AvgIpc) is 3.71. The summed E-state index contributed by atoms with van der Waals surface area (Å²) in [5.74, 6) is 0.302. The van der Waals surface area contributed by atoms with Gasteiger partial charge in [-0.1, -0.05) is 146 Å². The SMILES string of the molecule is C1=C(c2cccc3oc4c(-n5c6ccccc6c6ccc(-c7ccccc7)cc65)cccc4c23)c2ccccc2CC1c1ccccc1. The molecule has 1 aliphatic rings. The zero-order chi connectivity index (χ0) is 31.6. The highest BCUT2D eigenvalue weighted by molar-refractivity contribution is 6.16. The molecule has 48 heavy (non-hydrogen) atoms. The number of rotatable bonds is 4. The molecule has 0 amide bonds. The topological polar surface area (TPSA) is 18.1 Å². The Morgan fingerprint density at radius 2 is 1.23 bits per heavy atom. The largest absolute Gasteiger partial charge is 0.454 e. The first-order valence-corrected chi connectivity index (χ1v) is 16.7. The average molecular weight is 614 g/mol. The molecule has 0 radical (unpaired) electrons. The van der Waals surface area contributed by atoms with Crippen molar-refractivity contribution in [3.8, 4) is 16.8 Å². The van der Waals surface area contributed by atoms with Crippen molar-refractivity contribution in [2.24, 2.45) is 0 Å². The van der Waals surface area contributed by atoms with Gasteiger partial charge in [-0.15, -0.1) is 0 Å². The predicted molar refractivity (Wildman–Crippen MR) is 200 cm³/mol. The number of allylic oxidation sites excluding steroid dienone is 1. The molecule has 7 aromatic carbocycles. The summed E-state index contributed by atoms with van der Waals surface area (Å²) in [4.78, 5) is 0. The van der Waals surface area contributed by atoms with E-state index in [1.54, 1.807) is 0 Å². The number of hydrogen-bond acceptors (Lipinski definition) is 1. The van der Waals surface area contributed by atoms with Crippen LogP contribution < -0.4 is 0 Å². The zero-order valence-corrected chi connectivity index (χ0v) is 26.3. The normalized spacial score (nSPS) is 14.5. The van der Waals surface area contributed by atoms with Crippen LogP contribution in [0.5, 0.6) is 0 Å². The highest BCUT2D eigenvalue weighted by Gasteiger charge is 2.25. The molecule has 0 bridgehead atoms. The van der Waals surface area contributed by atoms with Gasteiger partial charge in [-0.05, 0) is 69.6 Å². The minimum atomic E-state index is 0.302. The molecule has 10 rings (SSSR count). The Balaban J connectivity index is 1.23. The molecule has 1 aliphatic carbocycles. The van der Waals surface area contributed by atoms with Crippen LogP contribution in [0.1, 0.15) is 28.2 Å². The Morgan fingerprint density at radius 1 is 0.521 bits per heavy atom. The van der Waals surface area contributed by atoms with Gasteiger partial charge < -0.3 is 8.98 Å². The van der Waals surface area contributed by atoms with Crippen LogP contribution >= 0.6 is 0 Å². The van der Waals surface area contributed by atoms with Gasteiger partial charge in [0, 0.05) is 27.5 Å². The predicted octanol–water partition coefficient (Wildman–Crippen LogP) is 12.1. The molecule has 0 saturated carbocycles. The molecule has 2 heteroatoms. The van der Waals surface area contributed by atoms with Gasteiger partial charge in [0.25, 0.3) is 0 Å². The van der Waals surface area contributed by atoms with Crippen LogP contribution in [-0.4, -0.2) is 4.57 Å². The van der Waals surface area contributed by atoms with Gasteiger partial charge in [-0.2, -0.15) is 0 Å². The van der Waals surface area contributed by atoms with Gasteiger partial charge >= 0.3 is 0 Å². The van der Waals surface area contributed by atoms with Crippen molar-refractivity contribution < 1.29 is 4.42 Å². The summed E-state index contributed by atoms with van der Waals surface area (Å²) in [5, 5.41) is 4.75. The molecule has 9 aromatic rings. The highest BCUT2D eigenvalue weighted by atomic mass is 16.3. The van der Waals surface area contributed by atoms with Gasteiger partial charge in [-0.3, -0.25) is 0 Å². The lowest BCUT2D eigenvalue weighted by Crippen LogP contribution is -2.09. The van der Waals surface area contributed by atoms with Crippen molar-refractivity contribution in [2.45, 2.75) is 12.3 Å². The third-order valence-electron chi connectivity index (χ3n) is 10.2. The molecule has 0 fully saturated rings. The number of para-hydroxylation sites is 2. The lowest BCUT2D eigenvalue weighted by Gasteiger charge is -2.25. The zero-order valence-electron chi connectivity index (χ0n) is 26.3. The van der Waals surface area contributed by atoms with E-state index in [9.17, 15) is 0 Å². The van der Waals surface area contributed by atoms with Crippen LogP contribution in [0.4, 0.5) is 0 Å². The lowest BCUT2D eigenvalue weighted by atomic mass is 9.78. The van der Waals surface area contributed by atoms with Gasteiger partial charge in [0.1, 0.15) is 5.58 Å². The van der Waals surface area contributed by atoms with Crippen molar-refractivity contribution in [1.82, 2.24) is 4.57 Å². The second kappa shape index (κ2) is 10.7. The molecule has 1 unspecified atom stereocenters. The van der Waals surface area contributed by atoms with Gasteiger partial charge in [0.15, 0.2) is 5.58 Å². The van der Waals surface area contributed by atoms with E-state index in [4.69, 9.17) is 4.42 Å². The van der Waals surface area contributed by atoms with E-state index in [1.807, 2.05) is 0 Å². The minimum Gasteiger partial charge on any atom is -0.454 e. The van der Waals surface area contributed by atoms with Crippen molar-refractivity contribution in [1.29, 1.82) is 0 Å². The summed E-state index contributed by atoms with van der Waals surface area (Å²) in [7, 11) is 0. The second-order valence-electron chi connectivity index (χ2n) is 12.8. The molecular formula is C46H31NO. The third-order valence-corrected chi connectivity index (χ3v) is 10.2. The standard InChI is InChI=1S/C46H31NO/c1-3-13-30(14-4-1)32-25-26-37-36-19-9-10-22-41(36)47(43(37)29-32)42-23-11-21-39-45-38(20-12-24-44(45)48-46(39)42)40-28-34(31-15-5-2-6-16-31)27-33-17-7-8-18-35(33)40/h1-26,28-29,34H,27H2. The molecule has 0 saturated heterocycles. The molecule has 2 heterocycles. The van der Waals surface area contributed by atoms with Gasteiger partial charge in [-0.25, -0.2) is 0 Å². The summed E-state index contributed by atoms with van der Waals surface area (Å²) in [6.45, 7) is 0. The second-order valence-corrected chi connectivity index (χ2v) is 12.8. The molecule has 0 N–H and O–H groups in total. The first-order chi connectivity index (χ1) is 23.8. The summed E-state index contributed by atoms with van der Waals surface area (Å²) < 4.78 is 9.29. The Labute approximate surface area is 278 Å². The van der Waals surface area contributed by atoms with Crippen molar-refractivity contribution in [3.05, 3.63) is 192 Å². The van der Waals surface area contributed by atoms with E-state index in [0.717, 1.165) is 34.0 Å². The third kappa shape index (κ3) is 4.13. The van der Waals surface area contributed by atoms with Crippen molar-refractivity contribution in [3.63, 3.8) is 0 Å². The van der Waals surface area contributed by atoms with E-state index in [1.165, 1.54) is 60.8 Å². The van der Waals surface area contributed by atoms with Gasteiger partial charge in [0.05, 0.1) is 16.7 Å². The van der Waals surface area contributed by atoms with Crippen LogP contribution in [0, 0.1) is 0 Å². The van der Waals surface area contributed by atoms with Crippen molar-refractivity contribution in [2.75, 3.05) is 0 Å². The monoisotopic (exact) mass is 613 g/mol. The number of nitrogens with zero attached hydrogens (tertiary/aromatic N) is 1. The Kier molecular flexibility index (Phi) is 6.04. The number of benzene rings is 7. The first-order valence-electron chi connectivity index (χ1n) is 16.7. The molecule has 2 aromatic heterocycles. The van der Waals surface area contributed by atoms with E-state index in [0.29, 0.717) is 5.92 Å². The molecule has 1 atom stereocenters. The molecule has 0 aliphatic heterocycles. The maximum atomic E-state index is 6.90. The van der Waals surface area contributed by atoms with Crippen LogP contribution in [0.3, 0.4) is 0 Å². The summed E-state index contributed by atoms with van der Waals surface area (Å²) in [5.41, 5.74) is 14.1.